The molecule has 0 bridgehead atoms. The molecule has 2 N–H and O–H groups in total. The van der Waals surface area contributed by atoms with Crippen LogP contribution in [0.3, 0.4) is 0 Å². The molecule has 0 aliphatic heterocycles. The molecule has 0 atom stereocenters. The zero-order valence-electron chi connectivity index (χ0n) is 13.8. The van der Waals surface area contributed by atoms with E-state index in [2.05, 4.69) is 5.32 Å². The fourth-order valence-electron chi connectivity index (χ4n) is 1.98. The quantitative estimate of drug-likeness (QED) is 0.774. The van der Waals surface area contributed by atoms with E-state index < -0.39 is 5.41 Å². The van der Waals surface area contributed by atoms with Crippen LogP contribution in [0.25, 0.3) is 0 Å². The average Bonchev–Trinajstić information content (AvgIpc) is 2.46. The van der Waals surface area contributed by atoms with Gasteiger partial charge in [-0.2, -0.15) is 0 Å². The fraction of sp³-hybridized carbons (Fsp3) is 0.529. The summed E-state index contributed by atoms with van der Waals surface area (Å²) in [7, 11) is 1.90. The van der Waals surface area contributed by atoms with Gasteiger partial charge in [-0.15, -0.1) is 0 Å². The third-order valence-electron chi connectivity index (χ3n) is 3.72. The van der Waals surface area contributed by atoms with Crippen LogP contribution in [0.15, 0.2) is 24.3 Å². The van der Waals surface area contributed by atoms with Crippen LogP contribution in [0.1, 0.15) is 33.6 Å². The minimum atomic E-state index is -0.585. The van der Waals surface area contributed by atoms with E-state index in [9.17, 15) is 9.59 Å². The SMILES string of the molecule is CC(=O)CCC(C)(C)C(=O)Nc1ccc(N(C)CCO)cc1. The van der Waals surface area contributed by atoms with Crippen LogP contribution in [0.2, 0.25) is 0 Å². The zero-order chi connectivity index (χ0) is 16.8. The smallest absolute Gasteiger partial charge is 0.230 e. The highest BCUT2D eigenvalue weighted by atomic mass is 16.3. The highest BCUT2D eigenvalue weighted by molar-refractivity contribution is 5.95. The number of ketones is 1. The molecule has 5 nitrogen and oxygen atoms in total. The molecule has 0 aliphatic rings. The van der Waals surface area contributed by atoms with Gasteiger partial charge in [-0.1, -0.05) is 13.8 Å². The first-order valence-corrected chi connectivity index (χ1v) is 7.49. The van der Waals surface area contributed by atoms with E-state index in [-0.39, 0.29) is 18.3 Å². The van der Waals surface area contributed by atoms with Crippen LogP contribution in [-0.4, -0.2) is 37.0 Å². The molecular formula is C17H26N2O3. The second kappa shape index (κ2) is 7.94. The van der Waals surface area contributed by atoms with Gasteiger partial charge in [0, 0.05) is 36.8 Å². The van der Waals surface area contributed by atoms with E-state index >= 15 is 0 Å². The van der Waals surface area contributed by atoms with Crippen molar-refractivity contribution in [3.05, 3.63) is 24.3 Å². The molecule has 0 saturated heterocycles. The van der Waals surface area contributed by atoms with Crippen molar-refractivity contribution in [3.63, 3.8) is 0 Å². The van der Waals surface area contributed by atoms with Crippen LogP contribution >= 0.6 is 0 Å². The number of nitrogens with zero attached hydrogens (tertiary/aromatic N) is 1. The average molecular weight is 306 g/mol. The number of carbonyl (C=O) groups is 2. The number of carbonyl (C=O) groups excluding carboxylic acids is 2. The van der Waals surface area contributed by atoms with E-state index in [1.807, 2.05) is 50.1 Å². The molecule has 22 heavy (non-hydrogen) atoms. The van der Waals surface area contributed by atoms with E-state index in [0.29, 0.717) is 19.4 Å². The summed E-state index contributed by atoms with van der Waals surface area (Å²) in [6, 6.07) is 7.46. The summed E-state index contributed by atoms with van der Waals surface area (Å²) < 4.78 is 0. The third-order valence-corrected chi connectivity index (χ3v) is 3.72. The Labute approximate surface area is 132 Å². The molecule has 1 aromatic rings. The number of aliphatic hydroxyl groups excluding tert-OH is 1. The van der Waals surface area contributed by atoms with Crippen molar-refractivity contribution in [2.45, 2.75) is 33.6 Å². The predicted octanol–water partition coefficient (Wildman–Crippen LogP) is 2.45. The predicted molar refractivity (Wildman–Crippen MR) is 89.1 cm³/mol. The second-order valence-corrected chi connectivity index (χ2v) is 6.23. The van der Waals surface area contributed by atoms with Gasteiger partial charge in [-0.05, 0) is 37.6 Å². The maximum absolute atomic E-state index is 12.3. The molecule has 0 saturated carbocycles. The molecule has 1 aromatic carbocycles. The lowest BCUT2D eigenvalue weighted by atomic mass is 9.86. The number of aliphatic hydroxyl groups is 1. The normalized spacial score (nSPS) is 11.1. The Kier molecular flexibility index (Phi) is 6.56. The van der Waals surface area contributed by atoms with Gasteiger partial charge in [0.1, 0.15) is 5.78 Å². The first-order chi connectivity index (χ1) is 10.3. The first kappa shape index (κ1) is 18.2. The standard InChI is InChI=1S/C17H26N2O3/c1-13(21)9-10-17(2,3)16(22)18-14-5-7-15(8-6-14)19(4)11-12-20/h5-8,20H,9-12H2,1-4H3,(H,18,22). The summed E-state index contributed by atoms with van der Waals surface area (Å²) in [6.45, 7) is 5.88. The molecule has 1 rings (SSSR count). The number of benzene rings is 1. The van der Waals surface area contributed by atoms with Crippen molar-refractivity contribution in [2.24, 2.45) is 5.41 Å². The zero-order valence-corrected chi connectivity index (χ0v) is 13.8. The van der Waals surface area contributed by atoms with Crippen molar-refractivity contribution in [1.82, 2.24) is 0 Å². The van der Waals surface area contributed by atoms with Gasteiger partial charge in [0.15, 0.2) is 0 Å². The van der Waals surface area contributed by atoms with E-state index in [1.54, 1.807) is 0 Å². The van der Waals surface area contributed by atoms with Crippen LogP contribution < -0.4 is 10.2 Å². The van der Waals surface area contributed by atoms with Crippen molar-refractivity contribution < 1.29 is 14.7 Å². The number of hydrogen-bond acceptors (Lipinski definition) is 4. The van der Waals surface area contributed by atoms with E-state index in [1.165, 1.54) is 6.92 Å². The Balaban J connectivity index is 2.66. The van der Waals surface area contributed by atoms with Crippen molar-refractivity contribution in [3.8, 4) is 0 Å². The monoisotopic (exact) mass is 306 g/mol. The molecular weight excluding hydrogens is 280 g/mol. The van der Waals surface area contributed by atoms with Gasteiger partial charge < -0.3 is 20.1 Å². The number of rotatable bonds is 8. The Morgan fingerprint density at radius 3 is 2.32 bits per heavy atom. The molecule has 0 fully saturated rings. The lowest BCUT2D eigenvalue weighted by molar-refractivity contribution is -0.125. The van der Waals surface area contributed by atoms with Crippen molar-refractivity contribution in [1.29, 1.82) is 0 Å². The summed E-state index contributed by atoms with van der Waals surface area (Å²) in [5.74, 6) is 0.00219. The summed E-state index contributed by atoms with van der Waals surface area (Å²) in [6.07, 6.45) is 0.941. The van der Waals surface area contributed by atoms with E-state index in [0.717, 1.165) is 11.4 Å². The maximum atomic E-state index is 12.3. The highest BCUT2D eigenvalue weighted by Gasteiger charge is 2.27. The van der Waals surface area contributed by atoms with Crippen LogP contribution in [0.5, 0.6) is 0 Å². The molecule has 0 heterocycles. The number of nitrogens with one attached hydrogen (secondary N) is 1. The topological polar surface area (TPSA) is 69.6 Å². The van der Waals surface area contributed by atoms with Gasteiger partial charge >= 0.3 is 0 Å². The maximum Gasteiger partial charge on any atom is 0.230 e. The lowest BCUT2D eigenvalue weighted by Gasteiger charge is -2.23. The summed E-state index contributed by atoms with van der Waals surface area (Å²) in [5.41, 5.74) is 1.11. The largest absolute Gasteiger partial charge is 0.395 e. The summed E-state index contributed by atoms with van der Waals surface area (Å²) in [4.78, 5) is 25.3. The molecule has 0 aliphatic carbocycles. The second-order valence-electron chi connectivity index (χ2n) is 6.23. The van der Waals surface area contributed by atoms with Gasteiger partial charge in [0.2, 0.25) is 5.91 Å². The fourth-order valence-corrected chi connectivity index (χ4v) is 1.98. The molecule has 5 heteroatoms. The number of anilines is 2. The van der Waals surface area contributed by atoms with Gasteiger partial charge in [-0.25, -0.2) is 0 Å². The summed E-state index contributed by atoms with van der Waals surface area (Å²) in [5, 5.41) is 11.8. The van der Waals surface area contributed by atoms with Crippen LogP contribution in [0.4, 0.5) is 11.4 Å². The Morgan fingerprint density at radius 2 is 1.82 bits per heavy atom. The van der Waals surface area contributed by atoms with Gasteiger partial charge in [-0.3, -0.25) is 4.79 Å². The Bertz CT molecular complexity index is 509. The minimum absolute atomic E-state index is 0.0924. The molecule has 122 valence electrons. The number of amides is 1. The van der Waals surface area contributed by atoms with Gasteiger partial charge in [0.25, 0.3) is 0 Å². The molecule has 0 spiro atoms. The number of likely N-dealkylation sites (N-methyl/N-ethyl adjacent to an activating group) is 1. The van der Waals surface area contributed by atoms with Gasteiger partial charge in [0.05, 0.1) is 6.61 Å². The number of Topliss-reactive ketones (excluding diaryl/α,β-unsaturated/α-hetero) is 1. The van der Waals surface area contributed by atoms with Crippen LogP contribution in [0, 0.1) is 5.41 Å². The Hall–Kier alpha value is -1.88. The molecule has 0 radical (unpaired) electrons. The highest BCUT2D eigenvalue weighted by Crippen LogP contribution is 2.25. The number of hydrogen-bond donors (Lipinski definition) is 2. The van der Waals surface area contributed by atoms with Crippen molar-refractivity contribution in [2.75, 3.05) is 30.4 Å². The van der Waals surface area contributed by atoms with E-state index in [4.69, 9.17) is 5.11 Å². The first-order valence-electron chi connectivity index (χ1n) is 7.49. The minimum Gasteiger partial charge on any atom is -0.395 e. The molecule has 1 amide bonds. The summed E-state index contributed by atoms with van der Waals surface area (Å²) >= 11 is 0. The van der Waals surface area contributed by atoms with Crippen molar-refractivity contribution >= 4 is 23.1 Å². The third kappa shape index (κ3) is 5.48. The van der Waals surface area contributed by atoms with Crippen LogP contribution in [-0.2, 0) is 9.59 Å². The Morgan fingerprint density at radius 1 is 1.23 bits per heavy atom. The molecule has 0 aromatic heterocycles. The lowest BCUT2D eigenvalue weighted by Crippen LogP contribution is -2.31. The molecule has 0 unspecified atom stereocenters.